The van der Waals surface area contributed by atoms with Crippen LogP contribution in [0.25, 0.3) is 0 Å². The molecule has 1 aromatic carbocycles. The van der Waals surface area contributed by atoms with Gasteiger partial charge in [-0.3, -0.25) is 4.79 Å². The molecule has 0 aliphatic heterocycles. The van der Waals surface area contributed by atoms with Gasteiger partial charge in [0.25, 0.3) is 0 Å². The highest BCUT2D eigenvalue weighted by atomic mass is 19.2. The Hall–Kier alpha value is -2.25. The van der Waals surface area contributed by atoms with Crippen molar-refractivity contribution in [2.45, 2.75) is 25.8 Å². The lowest BCUT2D eigenvalue weighted by Gasteiger charge is -2.15. The molecule has 5 nitrogen and oxygen atoms in total. The molecule has 1 aromatic rings. The number of urea groups is 1. The zero-order valence-corrected chi connectivity index (χ0v) is 10.5. The summed E-state index contributed by atoms with van der Waals surface area (Å²) in [6.45, 7) is 1.65. The van der Waals surface area contributed by atoms with Gasteiger partial charge in [0.2, 0.25) is 0 Å². The number of rotatable bonds is 5. The van der Waals surface area contributed by atoms with Crippen LogP contribution in [-0.4, -0.2) is 23.1 Å². The van der Waals surface area contributed by atoms with Crippen molar-refractivity contribution in [1.29, 1.82) is 0 Å². The van der Waals surface area contributed by atoms with Crippen molar-refractivity contribution in [2.75, 3.05) is 5.32 Å². The number of carbonyl (C=O) groups excluding carboxylic acids is 1. The maximum atomic E-state index is 13.3. The van der Waals surface area contributed by atoms with Crippen LogP contribution in [-0.2, 0) is 4.79 Å². The summed E-state index contributed by atoms with van der Waals surface area (Å²) in [5, 5.41) is 12.8. The van der Waals surface area contributed by atoms with E-state index in [2.05, 4.69) is 5.32 Å². The summed E-state index contributed by atoms with van der Waals surface area (Å²) in [6, 6.07) is -0.649. The summed E-state index contributed by atoms with van der Waals surface area (Å²) in [5.74, 6) is -4.98. The third kappa shape index (κ3) is 4.45. The van der Waals surface area contributed by atoms with Crippen LogP contribution >= 0.6 is 0 Å². The summed E-state index contributed by atoms with van der Waals surface area (Å²) in [5.41, 5.74) is -0.662. The van der Waals surface area contributed by atoms with Gasteiger partial charge in [0.15, 0.2) is 11.6 Å². The second-order valence-electron chi connectivity index (χ2n) is 4.05. The topological polar surface area (TPSA) is 78.4 Å². The Morgan fingerprint density at radius 2 is 1.95 bits per heavy atom. The van der Waals surface area contributed by atoms with E-state index in [-0.39, 0.29) is 6.42 Å². The van der Waals surface area contributed by atoms with E-state index in [1.165, 1.54) is 0 Å². The monoisotopic (exact) mass is 290 g/mol. The van der Waals surface area contributed by atoms with Crippen LogP contribution in [0.2, 0.25) is 0 Å². The number of carboxylic acid groups (broad SMARTS) is 1. The molecule has 1 unspecified atom stereocenters. The minimum Gasteiger partial charge on any atom is -0.481 e. The van der Waals surface area contributed by atoms with Gasteiger partial charge in [0, 0.05) is 18.2 Å². The quantitative estimate of drug-likeness (QED) is 0.729. The molecule has 0 aliphatic rings. The molecule has 1 rings (SSSR count). The Balaban J connectivity index is 2.73. The zero-order valence-electron chi connectivity index (χ0n) is 10.5. The SMILES string of the molecule is CCC(CC(=O)O)NC(=O)Nc1cc(F)cc(F)c1F. The minimum atomic E-state index is -1.43. The van der Waals surface area contributed by atoms with Crippen LogP contribution in [0, 0.1) is 17.5 Å². The van der Waals surface area contributed by atoms with Gasteiger partial charge in [-0.15, -0.1) is 0 Å². The highest BCUT2D eigenvalue weighted by Gasteiger charge is 2.17. The predicted molar refractivity (Wildman–Crippen MR) is 64.8 cm³/mol. The lowest BCUT2D eigenvalue weighted by molar-refractivity contribution is -0.137. The first-order valence-electron chi connectivity index (χ1n) is 5.77. The maximum Gasteiger partial charge on any atom is 0.319 e. The largest absolute Gasteiger partial charge is 0.481 e. The molecule has 3 N–H and O–H groups in total. The lowest BCUT2D eigenvalue weighted by Crippen LogP contribution is -2.39. The number of nitrogens with one attached hydrogen (secondary N) is 2. The van der Waals surface area contributed by atoms with Crippen molar-refractivity contribution < 1.29 is 27.9 Å². The molecule has 0 spiro atoms. The molecule has 0 radical (unpaired) electrons. The fourth-order valence-corrected chi connectivity index (χ4v) is 1.50. The van der Waals surface area contributed by atoms with Gasteiger partial charge in [-0.2, -0.15) is 0 Å². The summed E-state index contributed by atoms with van der Waals surface area (Å²) < 4.78 is 39.1. The van der Waals surface area contributed by atoms with Gasteiger partial charge < -0.3 is 15.7 Å². The number of amides is 2. The molecule has 0 bridgehead atoms. The minimum absolute atomic E-state index is 0.316. The van der Waals surface area contributed by atoms with Gasteiger partial charge in [-0.25, -0.2) is 18.0 Å². The highest BCUT2D eigenvalue weighted by Crippen LogP contribution is 2.19. The molecule has 8 heteroatoms. The average molecular weight is 290 g/mol. The highest BCUT2D eigenvalue weighted by molar-refractivity contribution is 5.89. The fraction of sp³-hybridized carbons (Fsp3) is 0.333. The van der Waals surface area contributed by atoms with E-state index in [9.17, 15) is 22.8 Å². The summed E-state index contributed by atoms with van der Waals surface area (Å²) in [7, 11) is 0. The first-order valence-corrected chi connectivity index (χ1v) is 5.77. The van der Waals surface area contributed by atoms with Crippen LogP contribution in [0.15, 0.2) is 12.1 Å². The molecule has 0 saturated heterocycles. The summed E-state index contributed by atoms with van der Waals surface area (Å²) >= 11 is 0. The Bertz CT molecular complexity index is 523. The number of anilines is 1. The molecular formula is C12H13F3N2O3. The maximum absolute atomic E-state index is 13.3. The lowest BCUT2D eigenvalue weighted by atomic mass is 10.1. The van der Waals surface area contributed by atoms with E-state index in [0.717, 1.165) is 0 Å². The second-order valence-corrected chi connectivity index (χ2v) is 4.05. The molecule has 0 aliphatic carbocycles. The Kier molecular flexibility index (Phi) is 5.36. The van der Waals surface area contributed by atoms with E-state index in [1.54, 1.807) is 6.92 Å². The Morgan fingerprint density at radius 3 is 2.50 bits per heavy atom. The standard InChI is InChI=1S/C12H13F3N2O3/c1-2-7(5-10(18)19)16-12(20)17-9-4-6(13)3-8(14)11(9)15/h3-4,7H,2,5H2,1H3,(H,18,19)(H2,16,17,20). The number of benzene rings is 1. The van der Waals surface area contributed by atoms with Crippen molar-refractivity contribution >= 4 is 17.7 Å². The van der Waals surface area contributed by atoms with E-state index in [4.69, 9.17) is 5.11 Å². The third-order valence-corrected chi connectivity index (χ3v) is 2.49. The molecule has 20 heavy (non-hydrogen) atoms. The number of aliphatic carboxylic acids is 1. The summed E-state index contributed by atoms with van der Waals surface area (Å²) in [6.07, 6.45) is 0.0175. The smallest absolute Gasteiger partial charge is 0.319 e. The van der Waals surface area contributed by atoms with E-state index in [1.807, 2.05) is 5.32 Å². The molecule has 0 aromatic heterocycles. The van der Waals surface area contributed by atoms with Crippen molar-refractivity contribution in [1.82, 2.24) is 5.32 Å². The Labute approximate surface area is 112 Å². The Morgan fingerprint density at radius 1 is 1.30 bits per heavy atom. The van der Waals surface area contributed by atoms with Crippen LogP contribution in [0.4, 0.5) is 23.7 Å². The number of carbonyl (C=O) groups is 2. The average Bonchev–Trinajstić information content (AvgIpc) is 2.33. The van der Waals surface area contributed by atoms with Crippen molar-refractivity contribution in [3.8, 4) is 0 Å². The van der Waals surface area contributed by atoms with Gasteiger partial charge >= 0.3 is 12.0 Å². The van der Waals surface area contributed by atoms with Gasteiger partial charge in [-0.05, 0) is 6.42 Å². The molecule has 110 valence electrons. The van der Waals surface area contributed by atoms with Gasteiger partial charge in [0.05, 0.1) is 12.1 Å². The third-order valence-electron chi connectivity index (χ3n) is 2.49. The van der Waals surface area contributed by atoms with Gasteiger partial charge in [0.1, 0.15) is 5.82 Å². The van der Waals surface area contributed by atoms with E-state index in [0.29, 0.717) is 18.6 Å². The molecule has 0 saturated carbocycles. The van der Waals surface area contributed by atoms with Crippen molar-refractivity contribution in [3.05, 3.63) is 29.6 Å². The molecule has 0 heterocycles. The van der Waals surface area contributed by atoms with Crippen molar-refractivity contribution in [2.24, 2.45) is 0 Å². The molecule has 2 amide bonds. The van der Waals surface area contributed by atoms with Crippen LogP contribution < -0.4 is 10.6 Å². The normalized spacial score (nSPS) is 11.8. The molecular weight excluding hydrogens is 277 g/mol. The second kappa shape index (κ2) is 6.78. The predicted octanol–water partition coefficient (Wildman–Crippen LogP) is 2.48. The van der Waals surface area contributed by atoms with Crippen LogP contribution in [0.3, 0.4) is 0 Å². The molecule has 0 fully saturated rings. The number of hydrogen-bond acceptors (Lipinski definition) is 2. The van der Waals surface area contributed by atoms with E-state index < -0.39 is 41.2 Å². The number of carboxylic acids is 1. The van der Waals surface area contributed by atoms with Crippen LogP contribution in [0.1, 0.15) is 19.8 Å². The summed E-state index contributed by atoms with van der Waals surface area (Å²) in [4.78, 5) is 22.0. The first-order chi connectivity index (χ1) is 9.33. The fourth-order valence-electron chi connectivity index (χ4n) is 1.50. The first kappa shape index (κ1) is 15.8. The van der Waals surface area contributed by atoms with E-state index >= 15 is 0 Å². The van der Waals surface area contributed by atoms with Gasteiger partial charge in [-0.1, -0.05) is 6.92 Å². The number of halogens is 3. The molecule has 1 atom stereocenters. The van der Waals surface area contributed by atoms with Crippen molar-refractivity contribution in [3.63, 3.8) is 0 Å². The van der Waals surface area contributed by atoms with Crippen LogP contribution in [0.5, 0.6) is 0 Å². The zero-order chi connectivity index (χ0) is 15.3. The number of hydrogen-bond donors (Lipinski definition) is 3.